The Morgan fingerprint density at radius 2 is 1.35 bits per heavy atom. The van der Waals surface area contributed by atoms with Crippen LogP contribution in [0.15, 0.2) is 46.4 Å². The molecular weight excluding hydrogens is 412 g/mol. The van der Waals surface area contributed by atoms with Gasteiger partial charge in [-0.25, -0.2) is 0 Å². The molecule has 0 amide bonds. The second-order valence-corrected chi connectivity index (χ2v) is 12.3. The highest BCUT2D eigenvalue weighted by atomic mass is 14.8. The van der Waals surface area contributed by atoms with Crippen molar-refractivity contribution in [2.75, 3.05) is 0 Å². The lowest BCUT2D eigenvalue weighted by molar-refractivity contribution is 0.578. The molecule has 0 fully saturated rings. The molecule has 0 bridgehead atoms. The summed E-state index contributed by atoms with van der Waals surface area (Å²) in [5.41, 5.74) is 9.66. The molecule has 0 aliphatic heterocycles. The topological polar surface area (TPSA) is 24.7 Å². The molecule has 0 saturated carbocycles. The van der Waals surface area contributed by atoms with Crippen molar-refractivity contribution in [2.45, 2.75) is 119 Å². The van der Waals surface area contributed by atoms with Crippen LogP contribution in [-0.2, 0) is 10.8 Å². The standard InChI is InChI=1S/C32H48N2/c1-13-15-28(34-30-25(21(2)3)16-14-17-26(30)22(4)5)23(6)33-29-20-24(31(7,8)9)18-19-27(29)32(10,11)12/h14,16-22H,13,15H2,1-12H3. The molecule has 0 unspecified atom stereocenters. The van der Waals surface area contributed by atoms with Gasteiger partial charge in [-0.15, -0.1) is 0 Å². The third-order valence-corrected chi connectivity index (χ3v) is 6.45. The summed E-state index contributed by atoms with van der Waals surface area (Å²) in [6.07, 6.45) is 1.96. The summed E-state index contributed by atoms with van der Waals surface area (Å²) in [6.45, 7) is 27.0. The van der Waals surface area contributed by atoms with Gasteiger partial charge in [0.25, 0.3) is 0 Å². The first-order valence-corrected chi connectivity index (χ1v) is 13.1. The van der Waals surface area contributed by atoms with Crippen LogP contribution >= 0.6 is 0 Å². The molecule has 2 rings (SSSR count). The Labute approximate surface area is 210 Å². The zero-order chi connectivity index (χ0) is 25.8. The van der Waals surface area contributed by atoms with E-state index in [4.69, 9.17) is 9.98 Å². The Morgan fingerprint density at radius 1 is 0.794 bits per heavy atom. The Kier molecular flexibility index (Phi) is 9.08. The van der Waals surface area contributed by atoms with Gasteiger partial charge in [-0.1, -0.05) is 113 Å². The average molecular weight is 461 g/mol. The summed E-state index contributed by atoms with van der Waals surface area (Å²) in [7, 11) is 0. The maximum Gasteiger partial charge on any atom is 0.0702 e. The maximum atomic E-state index is 5.34. The van der Waals surface area contributed by atoms with Gasteiger partial charge in [-0.05, 0) is 64.3 Å². The van der Waals surface area contributed by atoms with Crippen LogP contribution in [0.2, 0.25) is 0 Å². The first-order chi connectivity index (χ1) is 15.7. The largest absolute Gasteiger partial charge is 0.252 e. The SMILES string of the molecule is CCCC(=Nc1c(C(C)C)cccc1C(C)C)C(C)=Nc1cc(C(C)(C)C)ccc1C(C)(C)C. The minimum absolute atomic E-state index is 0.0205. The van der Waals surface area contributed by atoms with Gasteiger partial charge in [0.15, 0.2) is 0 Å². The highest BCUT2D eigenvalue weighted by Gasteiger charge is 2.22. The fourth-order valence-corrected chi connectivity index (χ4v) is 4.30. The van der Waals surface area contributed by atoms with Gasteiger partial charge in [-0.3, -0.25) is 9.98 Å². The molecule has 0 atom stereocenters. The van der Waals surface area contributed by atoms with E-state index in [0.717, 1.165) is 35.6 Å². The van der Waals surface area contributed by atoms with Gasteiger partial charge in [-0.2, -0.15) is 0 Å². The van der Waals surface area contributed by atoms with Crippen LogP contribution < -0.4 is 0 Å². The molecule has 2 heteroatoms. The normalized spacial score (nSPS) is 13.8. The third kappa shape index (κ3) is 6.90. The maximum absolute atomic E-state index is 5.34. The fourth-order valence-electron chi connectivity index (χ4n) is 4.30. The quantitative estimate of drug-likeness (QED) is 0.367. The van der Waals surface area contributed by atoms with Crippen LogP contribution in [0.4, 0.5) is 11.4 Å². The lowest BCUT2D eigenvalue weighted by atomic mass is 9.81. The van der Waals surface area contributed by atoms with Crippen LogP contribution in [-0.4, -0.2) is 11.4 Å². The molecule has 0 spiro atoms. The van der Waals surface area contributed by atoms with E-state index in [-0.39, 0.29) is 10.8 Å². The van der Waals surface area contributed by atoms with Crippen molar-refractivity contribution in [3.8, 4) is 0 Å². The molecule has 2 aromatic rings. The van der Waals surface area contributed by atoms with Gasteiger partial charge < -0.3 is 0 Å². The predicted molar refractivity (Wildman–Crippen MR) is 153 cm³/mol. The van der Waals surface area contributed by atoms with Crippen molar-refractivity contribution in [3.05, 3.63) is 58.7 Å². The Bertz CT molecular complexity index is 1010. The van der Waals surface area contributed by atoms with Crippen molar-refractivity contribution < 1.29 is 0 Å². The fraction of sp³-hybridized carbons (Fsp3) is 0.562. The van der Waals surface area contributed by atoms with Crippen LogP contribution in [0, 0.1) is 0 Å². The number of benzene rings is 2. The lowest BCUT2D eigenvalue weighted by Gasteiger charge is -2.25. The molecular formula is C32H48N2. The molecule has 186 valence electrons. The number of nitrogens with zero attached hydrogens (tertiary/aromatic N) is 2. The monoisotopic (exact) mass is 460 g/mol. The first kappa shape index (κ1) is 28.0. The summed E-state index contributed by atoms with van der Waals surface area (Å²) < 4.78 is 0. The molecule has 0 N–H and O–H groups in total. The Hall–Kier alpha value is -2.22. The van der Waals surface area contributed by atoms with Gasteiger partial charge >= 0.3 is 0 Å². The van der Waals surface area contributed by atoms with Gasteiger partial charge in [0, 0.05) is 0 Å². The molecule has 34 heavy (non-hydrogen) atoms. The van der Waals surface area contributed by atoms with Crippen LogP contribution in [0.25, 0.3) is 0 Å². The summed E-state index contributed by atoms with van der Waals surface area (Å²) in [4.78, 5) is 10.6. The predicted octanol–water partition coefficient (Wildman–Crippen LogP) is 10.2. The molecule has 0 heterocycles. The van der Waals surface area contributed by atoms with Crippen LogP contribution in [0.3, 0.4) is 0 Å². The second kappa shape index (κ2) is 11.0. The van der Waals surface area contributed by atoms with E-state index < -0.39 is 0 Å². The first-order valence-electron chi connectivity index (χ1n) is 13.1. The van der Waals surface area contributed by atoms with E-state index >= 15 is 0 Å². The lowest BCUT2D eigenvalue weighted by Crippen LogP contribution is -2.16. The van der Waals surface area contributed by atoms with Crippen molar-refractivity contribution in [1.82, 2.24) is 0 Å². The van der Waals surface area contributed by atoms with Crippen molar-refractivity contribution in [2.24, 2.45) is 9.98 Å². The van der Waals surface area contributed by atoms with Crippen molar-refractivity contribution >= 4 is 22.8 Å². The molecule has 0 radical (unpaired) electrons. The number of aliphatic imine (C=N–C) groups is 2. The second-order valence-electron chi connectivity index (χ2n) is 12.3. The highest BCUT2D eigenvalue weighted by molar-refractivity contribution is 6.42. The van der Waals surface area contributed by atoms with Crippen LogP contribution in [0.1, 0.15) is 130 Å². The number of hydrogen-bond donors (Lipinski definition) is 0. The van der Waals surface area contributed by atoms with E-state index in [1.165, 1.54) is 22.3 Å². The van der Waals surface area contributed by atoms with Crippen molar-refractivity contribution in [1.29, 1.82) is 0 Å². The summed E-state index contributed by atoms with van der Waals surface area (Å²) in [5, 5.41) is 0. The summed E-state index contributed by atoms with van der Waals surface area (Å²) in [6, 6.07) is 13.5. The van der Waals surface area contributed by atoms with Gasteiger partial charge in [0.05, 0.1) is 22.8 Å². The van der Waals surface area contributed by atoms with Crippen LogP contribution in [0.5, 0.6) is 0 Å². The summed E-state index contributed by atoms with van der Waals surface area (Å²) >= 11 is 0. The molecule has 0 aliphatic rings. The zero-order valence-corrected chi connectivity index (χ0v) is 23.9. The molecule has 0 aromatic heterocycles. The number of para-hydroxylation sites is 1. The minimum atomic E-state index is 0.0205. The van der Waals surface area contributed by atoms with E-state index in [1.54, 1.807) is 0 Å². The third-order valence-electron chi connectivity index (χ3n) is 6.45. The van der Waals surface area contributed by atoms with E-state index in [2.05, 4.69) is 119 Å². The van der Waals surface area contributed by atoms with E-state index in [9.17, 15) is 0 Å². The smallest absolute Gasteiger partial charge is 0.0702 e. The van der Waals surface area contributed by atoms with Gasteiger partial charge in [0.2, 0.25) is 0 Å². The van der Waals surface area contributed by atoms with E-state index in [1.807, 2.05) is 0 Å². The summed E-state index contributed by atoms with van der Waals surface area (Å²) in [5.74, 6) is 0.849. The average Bonchev–Trinajstić information content (AvgIpc) is 2.71. The van der Waals surface area contributed by atoms with E-state index in [0.29, 0.717) is 11.8 Å². The molecule has 0 aliphatic carbocycles. The molecule has 2 nitrogen and oxygen atoms in total. The number of rotatable bonds is 7. The molecule has 2 aromatic carbocycles. The zero-order valence-electron chi connectivity index (χ0n) is 23.9. The minimum Gasteiger partial charge on any atom is -0.252 e. The highest BCUT2D eigenvalue weighted by Crippen LogP contribution is 2.37. The van der Waals surface area contributed by atoms with Crippen molar-refractivity contribution in [3.63, 3.8) is 0 Å². The Balaban J connectivity index is 2.75. The van der Waals surface area contributed by atoms with Gasteiger partial charge in [0.1, 0.15) is 0 Å². The Morgan fingerprint density at radius 3 is 1.79 bits per heavy atom. The number of hydrogen-bond acceptors (Lipinski definition) is 2. The molecule has 0 saturated heterocycles.